The molecule has 3 rings (SSSR count). The van der Waals surface area contributed by atoms with E-state index in [9.17, 15) is 9.59 Å². The molecule has 1 saturated heterocycles. The molecule has 0 bridgehead atoms. The van der Waals surface area contributed by atoms with Crippen molar-refractivity contribution in [1.29, 1.82) is 0 Å². The highest BCUT2D eigenvalue weighted by molar-refractivity contribution is 9.10. The Kier molecular flexibility index (Phi) is 6.66. The number of halogens is 2. The largest absolute Gasteiger partial charge is 0.495 e. The van der Waals surface area contributed by atoms with E-state index in [1.165, 1.54) is 30.9 Å². The van der Waals surface area contributed by atoms with Gasteiger partial charge >= 0.3 is 5.97 Å². The van der Waals surface area contributed by atoms with Crippen molar-refractivity contribution in [2.45, 2.75) is 0 Å². The zero-order chi connectivity index (χ0) is 21.1. The van der Waals surface area contributed by atoms with Crippen molar-refractivity contribution in [1.82, 2.24) is 4.90 Å². The molecule has 0 N–H and O–H groups in total. The van der Waals surface area contributed by atoms with E-state index in [2.05, 4.69) is 25.7 Å². The first-order chi connectivity index (χ1) is 13.8. The Morgan fingerprint density at radius 1 is 1.24 bits per heavy atom. The Labute approximate surface area is 185 Å². The Balaban J connectivity index is 1.91. The van der Waals surface area contributed by atoms with Crippen LogP contribution in [0.4, 0.5) is 5.69 Å². The summed E-state index contributed by atoms with van der Waals surface area (Å²) < 4.78 is 10.8. The number of ether oxygens (including phenoxy) is 2. The van der Waals surface area contributed by atoms with Crippen LogP contribution in [0.1, 0.15) is 15.9 Å². The van der Waals surface area contributed by atoms with E-state index < -0.39 is 5.97 Å². The maximum absolute atomic E-state index is 12.7. The molecule has 1 aliphatic rings. The predicted molar refractivity (Wildman–Crippen MR) is 119 cm³/mol. The number of amides is 1. The number of amidine groups is 1. The summed E-state index contributed by atoms with van der Waals surface area (Å²) in [5, 5.41) is 0.962. The molecule has 0 spiro atoms. The Morgan fingerprint density at radius 2 is 1.93 bits per heavy atom. The van der Waals surface area contributed by atoms with Crippen LogP contribution in [0.25, 0.3) is 6.08 Å². The van der Waals surface area contributed by atoms with Gasteiger partial charge in [-0.05, 0) is 54.2 Å². The van der Waals surface area contributed by atoms with Crippen molar-refractivity contribution < 1.29 is 19.1 Å². The molecule has 1 heterocycles. The molecule has 0 unspecified atom stereocenters. The van der Waals surface area contributed by atoms with Crippen LogP contribution < -0.4 is 4.74 Å². The molecule has 2 aromatic rings. The standard InChI is InChI=1S/C20H16BrClN2O4S/c1-24-18(25)16(9-12-8-13(21)10-15(22)17(12)27-2)29-20(24)23-14-6-4-11(5-7-14)19(26)28-3/h4-10H,1-3H3/b16-9+,23-20?. The fraction of sp³-hybridized carbons (Fsp3) is 0.150. The minimum atomic E-state index is -0.418. The van der Waals surface area contributed by atoms with E-state index in [-0.39, 0.29) is 5.91 Å². The topological polar surface area (TPSA) is 68.2 Å². The van der Waals surface area contributed by atoms with E-state index >= 15 is 0 Å². The van der Waals surface area contributed by atoms with Crippen LogP contribution in [-0.4, -0.2) is 43.2 Å². The van der Waals surface area contributed by atoms with Gasteiger partial charge in [0, 0.05) is 17.1 Å². The van der Waals surface area contributed by atoms with Crippen molar-refractivity contribution in [3.63, 3.8) is 0 Å². The van der Waals surface area contributed by atoms with Crippen LogP contribution in [0.2, 0.25) is 5.02 Å². The van der Waals surface area contributed by atoms with Gasteiger partial charge in [0.25, 0.3) is 5.91 Å². The second kappa shape index (κ2) is 9.02. The van der Waals surface area contributed by atoms with Crippen LogP contribution >= 0.6 is 39.3 Å². The average Bonchev–Trinajstić information content (AvgIpc) is 2.95. The quantitative estimate of drug-likeness (QED) is 0.434. The van der Waals surface area contributed by atoms with Crippen LogP contribution in [-0.2, 0) is 9.53 Å². The van der Waals surface area contributed by atoms with Gasteiger partial charge in [-0.3, -0.25) is 9.69 Å². The molecule has 0 aromatic heterocycles. The maximum Gasteiger partial charge on any atom is 0.337 e. The van der Waals surface area contributed by atoms with Crippen molar-refractivity contribution in [3.05, 3.63) is 61.9 Å². The number of aliphatic imine (C=N–C) groups is 1. The zero-order valence-corrected chi connectivity index (χ0v) is 18.9. The fourth-order valence-electron chi connectivity index (χ4n) is 2.60. The lowest BCUT2D eigenvalue weighted by molar-refractivity contribution is -0.121. The number of esters is 1. The number of carbonyl (C=O) groups is 2. The smallest absolute Gasteiger partial charge is 0.337 e. The molecule has 0 aliphatic carbocycles. The van der Waals surface area contributed by atoms with Crippen LogP contribution in [0.3, 0.4) is 0 Å². The lowest BCUT2D eigenvalue weighted by Gasteiger charge is -2.08. The summed E-state index contributed by atoms with van der Waals surface area (Å²) in [6, 6.07) is 10.2. The highest BCUT2D eigenvalue weighted by atomic mass is 79.9. The third-order valence-corrected chi connectivity index (χ3v) is 5.84. The van der Waals surface area contributed by atoms with Gasteiger partial charge in [0.1, 0.15) is 5.75 Å². The van der Waals surface area contributed by atoms with Crippen LogP contribution in [0.15, 0.2) is 50.8 Å². The van der Waals surface area contributed by atoms with Crippen LogP contribution in [0, 0.1) is 0 Å². The summed E-state index contributed by atoms with van der Waals surface area (Å²) in [4.78, 5) is 30.7. The molecule has 0 atom stereocenters. The van der Waals surface area contributed by atoms with Crippen molar-refractivity contribution >= 4 is 68.1 Å². The van der Waals surface area contributed by atoms with E-state index in [0.717, 1.165) is 4.47 Å². The summed E-state index contributed by atoms with van der Waals surface area (Å²) >= 11 is 10.9. The van der Waals surface area contributed by atoms with E-state index in [4.69, 9.17) is 16.3 Å². The van der Waals surface area contributed by atoms with Crippen molar-refractivity contribution in [2.75, 3.05) is 21.3 Å². The summed E-state index contributed by atoms with van der Waals surface area (Å²) in [7, 11) is 4.51. The lowest BCUT2D eigenvalue weighted by atomic mass is 10.2. The van der Waals surface area contributed by atoms with Gasteiger partial charge in [0.2, 0.25) is 0 Å². The Morgan fingerprint density at radius 3 is 2.55 bits per heavy atom. The number of nitrogens with zero attached hydrogens (tertiary/aromatic N) is 2. The zero-order valence-electron chi connectivity index (χ0n) is 15.7. The third kappa shape index (κ3) is 4.66. The molecule has 6 nitrogen and oxygen atoms in total. The first-order valence-corrected chi connectivity index (χ1v) is 10.3. The molecule has 0 radical (unpaired) electrons. The van der Waals surface area contributed by atoms with Crippen molar-refractivity contribution in [2.24, 2.45) is 4.99 Å². The molecule has 29 heavy (non-hydrogen) atoms. The number of hydrogen-bond acceptors (Lipinski definition) is 6. The van der Waals surface area contributed by atoms with Crippen molar-refractivity contribution in [3.8, 4) is 5.75 Å². The number of methoxy groups -OCH3 is 2. The molecule has 9 heteroatoms. The Bertz CT molecular complexity index is 1040. The van der Waals surface area contributed by atoms with Gasteiger partial charge in [0.05, 0.1) is 35.4 Å². The first kappa shape index (κ1) is 21.4. The molecule has 1 amide bonds. The molecule has 0 saturated carbocycles. The highest BCUT2D eigenvalue weighted by Crippen LogP contribution is 2.38. The minimum Gasteiger partial charge on any atom is -0.495 e. The van der Waals surface area contributed by atoms with Gasteiger partial charge in [-0.15, -0.1) is 0 Å². The lowest BCUT2D eigenvalue weighted by Crippen LogP contribution is -2.23. The summed E-state index contributed by atoms with van der Waals surface area (Å²) in [6.45, 7) is 0. The minimum absolute atomic E-state index is 0.182. The normalized spacial score (nSPS) is 16.6. The molecule has 1 fully saturated rings. The SMILES string of the molecule is COC(=O)c1ccc(N=C2S/C(=C/c3cc(Br)cc(Cl)c3OC)C(=O)N2C)cc1. The monoisotopic (exact) mass is 494 g/mol. The second-order valence-corrected chi connectivity index (χ2v) is 8.25. The molecule has 150 valence electrons. The number of hydrogen-bond donors (Lipinski definition) is 0. The highest BCUT2D eigenvalue weighted by Gasteiger charge is 2.30. The maximum atomic E-state index is 12.7. The summed E-state index contributed by atoms with van der Waals surface area (Å²) in [6.07, 6.45) is 1.72. The molecule has 2 aromatic carbocycles. The van der Waals surface area contributed by atoms with E-state index in [1.807, 2.05) is 6.07 Å². The average molecular weight is 496 g/mol. The number of likely N-dealkylation sites (N-methyl/N-ethyl adjacent to an activating group) is 1. The molecular weight excluding hydrogens is 480 g/mol. The van der Waals surface area contributed by atoms with E-state index in [0.29, 0.717) is 37.7 Å². The number of carbonyl (C=O) groups excluding carboxylic acids is 2. The second-order valence-electron chi connectivity index (χ2n) is 5.92. The Hall–Kier alpha value is -2.29. The van der Waals surface area contributed by atoms with Gasteiger partial charge in [-0.1, -0.05) is 27.5 Å². The molecule has 1 aliphatic heterocycles. The van der Waals surface area contributed by atoms with Gasteiger partial charge in [0.15, 0.2) is 5.17 Å². The predicted octanol–water partition coefficient (Wildman–Crippen LogP) is 5.13. The van der Waals surface area contributed by atoms with E-state index in [1.54, 1.807) is 43.5 Å². The fourth-order valence-corrected chi connectivity index (χ4v) is 4.48. The summed E-state index contributed by atoms with van der Waals surface area (Å²) in [5.74, 6) is -0.112. The number of rotatable bonds is 4. The van der Waals surface area contributed by atoms with Gasteiger partial charge in [-0.2, -0.15) is 0 Å². The number of thioether (sulfide) groups is 1. The number of benzene rings is 2. The van der Waals surface area contributed by atoms with Crippen LogP contribution in [0.5, 0.6) is 5.75 Å². The first-order valence-electron chi connectivity index (χ1n) is 8.31. The van der Waals surface area contributed by atoms with Gasteiger partial charge < -0.3 is 9.47 Å². The summed E-state index contributed by atoms with van der Waals surface area (Å²) in [5.41, 5.74) is 1.73. The third-order valence-electron chi connectivity index (χ3n) is 4.04. The molecular formula is C20H16BrClN2O4S. The van der Waals surface area contributed by atoms with Gasteiger partial charge in [-0.25, -0.2) is 9.79 Å².